The third kappa shape index (κ3) is 3.91. The van der Waals surface area contributed by atoms with Crippen molar-refractivity contribution < 1.29 is 41.0 Å². The van der Waals surface area contributed by atoms with Crippen molar-refractivity contribution in [3.05, 3.63) is 94.8 Å². The number of rotatable bonds is 7. The minimum atomic E-state index is -2.33. The molecule has 1 heterocycles. The summed E-state index contributed by atoms with van der Waals surface area (Å²) in [6.45, 7) is -0.0862. The lowest BCUT2D eigenvalue weighted by atomic mass is 9.93. The van der Waals surface area contributed by atoms with Gasteiger partial charge in [0.2, 0.25) is 11.7 Å². The Morgan fingerprint density at radius 2 is 1.51 bits per heavy atom. The molecular formula is C27H20F5NO4. The molecule has 192 valence electrons. The summed E-state index contributed by atoms with van der Waals surface area (Å²) >= 11 is 0. The zero-order valence-electron chi connectivity index (χ0n) is 19.4. The van der Waals surface area contributed by atoms with Gasteiger partial charge in [-0.1, -0.05) is 42.5 Å². The molecule has 3 atom stereocenters. The lowest BCUT2D eigenvalue weighted by Crippen LogP contribution is -2.42. The number of nitrogens with zero attached hydrogens (tertiary/aromatic N) is 1. The molecule has 1 aliphatic heterocycles. The Morgan fingerprint density at radius 1 is 0.919 bits per heavy atom. The molecule has 37 heavy (non-hydrogen) atoms. The first-order valence-electron chi connectivity index (χ1n) is 11.4. The Morgan fingerprint density at radius 3 is 2.11 bits per heavy atom. The third-order valence-corrected chi connectivity index (χ3v) is 7.06. The van der Waals surface area contributed by atoms with Crippen LogP contribution in [0.15, 0.2) is 54.6 Å². The molecule has 3 aromatic rings. The second-order valence-electron chi connectivity index (χ2n) is 9.02. The number of carbonyl (C=O) groups excluding carboxylic acids is 2. The number of halogens is 5. The van der Waals surface area contributed by atoms with E-state index >= 15 is 0 Å². The van der Waals surface area contributed by atoms with Gasteiger partial charge in [-0.2, -0.15) is 0 Å². The molecule has 1 unspecified atom stereocenters. The SMILES string of the molecule is COc1ccc([C@@]23C[C@@H]2C(CC(=O)OCc2ccccc2)N(c2c(F)c(F)c(F)c(F)c2F)C3=O)cc1. The lowest BCUT2D eigenvalue weighted by Gasteiger charge is -2.29. The van der Waals surface area contributed by atoms with Crippen molar-refractivity contribution in [2.24, 2.45) is 5.92 Å². The number of hydrogen-bond acceptors (Lipinski definition) is 4. The van der Waals surface area contributed by atoms with Crippen molar-refractivity contribution in [3.8, 4) is 5.75 Å². The molecule has 0 radical (unpaired) electrons. The summed E-state index contributed by atoms with van der Waals surface area (Å²) in [4.78, 5) is 26.9. The number of ether oxygens (including phenoxy) is 2. The summed E-state index contributed by atoms with van der Waals surface area (Å²) in [5.41, 5.74) is -1.48. The monoisotopic (exact) mass is 517 g/mol. The first-order valence-corrected chi connectivity index (χ1v) is 11.4. The highest BCUT2D eigenvalue weighted by Gasteiger charge is 2.72. The van der Waals surface area contributed by atoms with Crippen LogP contribution in [0.4, 0.5) is 27.6 Å². The summed E-state index contributed by atoms with van der Waals surface area (Å²) in [5.74, 6) is -12.7. The molecular weight excluding hydrogens is 497 g/mol. The zero-order chi connectivity index (χ0) is 26.5. The molecule has 0 bridgehead atoms. The van der Waals surface area contributed by atoms with Gasteiger partial charge in [0.05, 0.1) is 25.0 Å². The molecule has 1 saturated heterocycles. The zero-order valence-corrected chi connectivity index (χ0v) is 19.4. The average molecular weight is 517 g/mol. The maximum absolute atomic E-state index is 14.8. The molecule has 2 fully saturated rings. The maximum Gasteiger partial charge on any atom is 0.308 e. The van der Waals surface area contributed by atoms with Gasteiger partial charge in [-0.3, -0.25) is 9.59 Å². The van der Waals surface area contributed by atoms with Crippen molar-refractivity contribution in [1.29, 1.82) is 0 Å². The molecule has 0 spiro atoms. The van der Waals surface area contributed by atoms with Gasteiger partial charge >= 0.3 is 5.97 Å². The second kappa shape index (κ2) is 9.17. The van der Waals surface area contributed by atoms with Gasteiger partial charge in [0, 0.05) is 5.92 Å². The number of piperidine rings is 1. The Labute approximate surface area is 208 Å². The number of hydrogen-bond donors (Lipinski definition) is 0. The van der Waals surface area contributed by atoms with Gasteiger partial charge < -0.3 is 14.4 Å². The van der Waals surface area contributed by atoms with Gasteiger partial charge in [-0.25, -0.2) is 22.0 Å². The standard InChI is InChI=1S/C27H20F5NO4/c1-36-16-9-7-15(8-10-16)27-12-17(27)18(11-19(34)37-13-14-5-3-2-4-6-14)33(26(27)35)25-23(31)21(29)20(28)22(30)24(25)32/h2-10,17-18H,11-13H2,1H3/t17-,18?,27+/m1/s1. The molecule has 5 rings (SSSR count). The van der Waals surface area contributed by atoms with Crippen LogP contribution in [0.3, 0.4) is 0 Å². The Bertz CT molecular complexity index is 1350. The van der Waals surface area contributed by atoms with E-state index in [1.54, 1.807) is 54.6 Å². The van der Waals surface area contributed by atoms with E-state index in [4.69, 9.17) is 9.47 Å². The number of esters is 1. The molecule has 1 amide bonds. The van der Waals surface area contributed by atoms with Crippen molar-refractivity contribution in [3.63, 3.8) is 0 Å². The fourth-order valence-electron chi connectivity index (χ4n) is 5.16. The van der Waals surface area contributed by atoms with Gasteiger partial charge in [-0.15, -0.1) is 0 Å². The first kappa shape index (κ1) is 24.7. The van der Waals surface area contributed by atoms with E-state index in [9.17, 15) is 31.5 Å². The predicted molar refractivity (Wildman–Crippen MR) is 121 cm³/mol. The van der Waals surface area contributed by atoms with Crippen LogP contribution >= 0.6 is 0 Å². The van der Waals surface area contributed by atoms with Crippen LogP contribution < -0.4 is 9.64 Å². The molecule has 5 nitrogen and oxygen atoms in total. The number of carbonyl (C=O) groups is 2. The summed E-state index contributed by atoms with van der Waals surface area (Å²) in [7, 11) is 1.45. The van der Waals surface area contributed by atoms with Crippen LogP contribution in [0.1, 0.15) is 24.0 Å². The van der Waals surface area contributed by atoms with Crippen LogP contribution in [0.5, 0.6) is 5.75 Å². The van der Waals surface area contributed by atoms with E-state index in [0.717, 1.165) is 0 Å². The van der Waals surface area contributed by atoms with Crippen molar-refractivity contribution in [1.82, 2.24) is 0 Å². The predicted octanol–water partition coefficient (Wildman–Crippen LogP) is 5.20. The number of amides is 1. The van der Waals surface area contributed by atoms with E-state index in [0.29, 0.717) is 21.8 Å². The summed E-state index contributed by atoms with van der Waals surface area (Å²) in [5, 5.41) is 0. The van der Waals surface area contributed by atoms with E-state index in [2.05, 4.69) is 0 Å². The summed E-state index contributed by atoms with van der Waals surface area (Å²) < 4.78 is 82.0. The van der Waals surface area contributed by atoms with Crippen LogP contribution in [-0.4, -0.2) is 25.0 Å². The summed E-state index contributed by atoms with van der Waals surface area (Å²) in [6.07, 6.45) is -0.263. The van der Waals surface area contributed by atoms with E-state index in [1.807, 2.05) is 0 Å². The molecule has 3 aromatic carbocycles. The van der Waals surface area contributed by atoms with E-state index < -0.39 is 70.4 Å². The number of benzene rings is 3. The highest BCUT2D eigenvalue weighted by molar-refractivity contribution is 6.08. The Balaban J connectivity index is 1.52. The number of methoxy groups -OCH3 is 1. The maximum atomic E-state index is 14.8. The van der Waals surface area contributed by atoms with Gasteiger partial charge in [0.15, 0.2) is 23.3 Å². The number of anilines is 1. The number of fused-ring (bicyclic) bond motifs is 1. The smallest absolute Gasteiger partial charge is 0.308 e. The van der Waals surface area contributed by atoms with Crippen molar-refractivity contribution >= 4 is 17.6 Å². The highest BCUT2D eigenvalue weighted by atomic mass is 19.2. The second-order valence-corrected chi connectivity index (χ2v) is 9.02. The lowest BCUT2D eigenvalue weighted by molar-refractivity contribution is -0.145. The van der Waals surface area contributed by atoms with Crippen LogP contribution in [-0.2, 0) is 26.3 Å². The topological polar surface area (TPSA) is 55.8 Å². The first-order chi connectivity index (χ1) is 17.7. The van der Waals surface area contributed by atoms with Crippen molar-refractivity contribution in [2.75, 3.05) is 12.0 Å². The van der Waals surface area contributed by atoms with E-state index in [1.165, 1.54) is 7.11 Å². The van der Waals surface area contributed by atoms with Crippen LogP contribution in [0.2, 0.25) is 0 Å². The summed E-state index contributed by atoms with van der Waals surface area (Å²) in [6, 6.07) is 13.9. The minimum Gasteiger partial charge on any atom is -0.497 e. The van der Waals surface area contributed by atoms with E-state index in [-0.39, 0.29) is 13.0 Å². The van der Waals surface area contributed by atoms with Gasteiger partial charge in [0.25, 0.3) is 0 Å². The molecule has 0 aromatic heterocycles. The quantitative estimate of drug-likeness (QED) is 0.187. The molecule has 0 N–H and O–H groups in total. The highest BCUT2D eigenvalue weighted by Crippen LogP contribution is 2.64. The van der Waals surface area contributed by atoms with Crippen molar-refractivity contribution in [2.45, 2.75) is 30.9 Å². The minimum absolute atomic E-state index is 0.0862. The molecule has 1 saturated carbocycles. The van der Waals surface area contributed by atoms with Gasteiger partial charge in [-0.05, 0) is 29.7 Å². The normalized spacial score (nSPS) is 22.1. The molecule has 1 aliphatic carbocycles. The average Bonchev–Trinajstić information content (AvgIpc) is 3.63. The Kier molecular flexibility index (Phi) is 6.13. The third-order valence-electron chi connectivity index (χ3n) is 7.06. The molecule has 10 heteroatoms. The van der Waals surface area contributed by atoms with Crippen LogP contribution in [0, 0.1) is 35.0 Å². The van der Waals surface area contributed by atoms with Gasteiger partial charge in [0.1, 0.15) is 18.0 Å². The fraction of sp³-hybridized carbons (Fsp3) is 0.259. The Hall–Kier alpha value is -3.95. The molecule has 2 aliphatic rings. The van der Waals surface area contributed by atoms with Crippen LogP contribution in [0.25, 0.3) is 0 Å². The fourth-order valence-corrected chi connectivity index (χ4v) is 5.16. The largest absolute Gasteiger partial charge is 0.497 e.